The third-order valence-corrected chi connectivity index (χ3v) is 6.67. The first kappa shape index (κ1) is 11.7. The predicted octanol–water partition coefficient (Wildman–Crippen LogP) is 2.91. The molecule has 0 N–H and O–H groups in total. The van der Waals surface area contributed by atoms with Gasteiger partial charge in [-0.3, -0.25) is 4.90 Å². The number of amides is 1. The predicted molar refractivity (Wildman–Crippen MR) is 65.7 cm³/mol. The Labute approximate surface area is 107 Å². The van der Waals surface area contributed by atoms with Crippen molar-refractivity contribution >= 4 is 38.0 Å². The zero-order chi connectivity index (χ0) is 11.4. The number of halogens is 2. The minimum absolute atomic E-state index is 0.0431. The Balaban J connectivity index is 2.23. The van der Waals surface area contributed by atoms with Gasteiger partial charge in [0.2, 0.25) is 0 Å². The van der Waals surface area contributed by atoms with Crippen LogP contribution in [0.5, 0.6) is 0 Å². The lowest BCUT2D eigenvalue weighted by Crippen LogP contribution is -2.36. The van der Waals surface area contributed by atoms with Crippen molar-refractivity contribution in [2.24, 2.45) is 0 Å². The third kappa shape index (κ3) is 1.38. The highest BCUT2D eigenvalue weighted by molar-refractivity contribution is 9.12. The standard InChI is InChI=1S/C10H15Br2NO2/c1-9-4-6(11)7(12)5-10(9,2)13(9)8(14)15-3/h6-7H,4-5H2,1-3H3/t6-,7-,9+,10+/m1/s1. The maximum atomic E-state index is 11.6. The van der Waals surface area contributed by atoms with E-state index in [0.717, 1.165) is 12.8 Å². The van der Waals surface area contributed by atoms with Crippen LogP contribution < -0.4 is 0 Å². The van der Waals surface area contributed by atoms with Gasteiger partial charge in [0.25, 0.3) is 0 Å². The summed E-state index contributed by atoms with van der Waals surface area (Å²) < 4.78 is 4.82. The van der Waals surface area contributed by atoms with E-state index in [9.17, 15) is 4.79 Å². The van der Waals surface area contributed by atoms with Crippen LogP contribution in [0.4, 0.5) is 4.79 Å². The lowest BCUT2D eigenvalue weighted by molar-refractivity contribution is 0.143. The fourth-order valence-corrected chi connectivity index (χ4v) is 4.50. The second-order valence-corrected chi connectivity index (χ2v) is 7.15. The number of hydrogen-bond donors (Lipinski definition) is 0. The molecular weight excluding hydrogens is 326 g/mol. The van der Waals surface area contributed by atoms with E-state index in [0.29, 0.717) is 9.65 Å². The van der Waals surface area contributed by atoms with Gasteiger partial charge in [-0.05, 0) is 26.7 Å². The summed E-state index contributed by atoms with van der Waals surface area (Å²) in [4.78, 5) is 14.4. The number of carbonyl (C=O) groups excluding carboxylic acids is 1. The summed E-state index contributed by atoms with van der Waals surface area (Å²) in [5.74, 6) is 0. The van der Waals surface area contributed by atoms with Gasteiger partial charge >= 0.3 is 6.09 Å². The van der Waals surface area contributed by atoms with Crippen LogP contribution in [-0.2, 0) is 4.74 Å². The van der Waals surface area contributed by atoms with Gasteiger partial charge in [-0.25, -0.2) is 4.79 Å². The summed E-state index contributed by atoms with van der Waals surface area (Å²) in [6.45, 7) is 4.27. The molecule has 0 aromatic heterocycles. The van der Waals surface area contributed by atoms with Crippen molar-refractivity contribution in [2.75, 3.05) is 7.11 Å². The molecule has 1 saturated carbocycles. The average Bonchev–Trinajstić information content (AvgIpc) is 2.62. The van der Waals surface area contributed by atoms with E-state index in [2.05, 4.69) is 45.7 Å². The topological polar surface area (TPSA) is 29.3 Å². The SMILES string of the molecule is COC(=O)N1[C@@]2(C)C[C@@H](Br)[C@H](Br)C[C@]12C. The number of methoxy groups -OCH3 is 1. The van der Waals surface area contributed by atoms with E-state index in [1.54, 1.807) is 0 Å². The molecule has 0 unspecified atom stereocenters. The molecule has 3 nitrogen and oxygen atoms in total. The fraction of sp³-hybridized carbons (Fsp3) is 0.900. The number of hydrogen-bond acceptors (Lipinski definition) is 2. The Hall–Kier alpha value is 0.230. The van der Waals surface area contributed by atoms with Crippen LogP contribution >= 0.6 is 31.9 Å². The third-order valence-electron chi connectivity index (χ3n) is 4.03. The quantitative estimate of drug-likeness (QED) is 0.501. The average molecular weight is 341 g/mol. The molecule has 1 aliphatic carbocycles. The molecule has 1 aliphatic heterocycles. The van der Waals surface area contributed by atoms with Gasteiger partial charge in [0.05, 0.1) is 18.2 Å². The van der Waals surface area contributed by atoms with Crippen molar-refractivity contribution in [1.82, 2.24) is 4.90 Å². The number of alkyl halides is 2. The lowest BCUT2D eigenvalue weighted by Gasteiger charge is -2.28. The first-order valence-corrected chi connectivity index (χ1v) is 6.86. The second-order valence-electron chi connectivity index (χ2n) is 4.79. The van der Waals surface area contributed by atoms with Crippen LogP contribution in [0.1, 0.15) is 26.7 Å². The molecule has 15 heavy (non-hydrogen) atoms. The first-order chi connectivity index (χ1) is 6.87. The van der Waals surface area contributed by atoms with E-state index in [4.69, 9.17) is 4.74 Å². The molecule has 2 fully saturated rings. The number of carbonyl (C=O) groups is 1. The van der Waals surface area contributed by atoms with Gasteiger partial charge in [0, 0.05) is 9.65 Å². The Morgan fingerprint density at radius 1 is 1.27 bits per heavy atom. The normalized spacial score (nSPS) is 48.5. The Morgan fingerprint density at radius 2 is 1.67 bits per heavy atom. The van der Waals surface area contributed by atoms with Crippen LogP contribution in [0.15, 0.2) is 0 Å². The van der Waals surface area contributed by atoms with Crippen LogP contribution in [0.2, 0.25) is 0 Å². The van der Waals surface area contributed by atoms with Crippen LogP contribution in [0, 0.1) is 0 Å². The number of likely N-dealkylation sites (tertiary alicyclic amines) is 1. The van der Waals surface area contributed by atoms with E-state index >= 15 is 0 Å². The lowest BCUT2D eigenvalue weighted by atomic mass is 9.82. The number of fused-ring (bicyclic) bond motifs is 1. The Morgan fingerprint density at radius 3 is 2.00 bits per heavy atom. The maximum absolute atomic E-state index is 11.6. The van der Waals surface area contributed by atoms with Crippen LogP contribution in [0.3, 0.4) is 0 Å². The Bertz CT molecular complexity index is 290. The molecule has 4 atom stereocenters. The van der Waals surface area contributed by atoms with E-state index < -0.39 is 0 Å². The monoisotopic (exact) mass is 339 g/mol. The van der Waals surface area contributed by atoms with Gasteiger partial charge in [-0.1, -0.05) is 31.9 Å². The highest BCUT2D eigenvalue weighted by atomic mass is 79.9. The number of nitrogens with zero attached hydrogens (tertiary/aromatic N) is 1. The molecule has 2 rings (SSSR count). The molecule has 1 heterocycles. The van der Waals surface area contributed by atoms with Crippen molar-refractivity contribution in [2.45, 2.75) is 47.4 Å². The van der Waals surface area contributed by atoms with Gasteiger partial charge in [0.15, 0.2) is 0 Å². The van der Waals surface area contributed by atoms with E-state index in [1.165, 1.54) is 7.11 Å². The number of rotatable bonds is 0. The van der Waals surface area contributed by atoms with Crippen molar-refractivity contribution in [3.05, 3.63) is 0 Å². The summed E-state index contributed by atoms with van der Waals surface area (Å²) in [5.41, 5.74) is -0.0862. The first-order valence-electron chi connectivity index (χ1n) is 5.03. The summed E-state index contributed by atoms with van der Waals surface area (Å²) >= 11 is 7.31. The van der Waals surface area contributed by atoms with Crippen molar-refractivity contribution in [3.8, 4) is 0 Å². The summed E-state index contributed by atoms with van der Waals surface area (Å²) in [7, 11) is 1.44. The van der Waals surface area contributed by atoms with Gasteiger partial charge in [0.1, 0.15) is 0 Å². The van der Waals surface area contributed by atoms with Gasteiger partial charge < -0.3 is 4.74 Å². The minimum atomic E-state index is -0.207. The highest BCUT2D eigenvalue weighted by Gasteiger charge is 2.74. The molecule has 0 aromatic carbocycles. The molecule has 86 valence electrons. The molecule has 2 aliphatic rings. The summed E-state index contributed by atoms with van der Waals surface area (Å²) in [6.07, 6.45) is 1.73. The van der Waals surface area contributed by atoms with Gasteiger partial charge in [-0.15, -0.1) is 0 Å². The summed E-state index contributed by atoms with van der Waals surface area (Å²) in [5, 5.41) is 0. The largest absolute Gasteiger partial charge is 0.453 e. The van der Waals surface area contributed by atoms with E-state index in [1.807, 2.05) is 4.90 Å². The smallest absolute Gasteiger partial charge is 0.410 e. The molecule has 1 amide bonds. The molecule has 0 radical (unpaired) electrons. The van der Waals surface area contributed by atoms with E-state index in [-0.39, 0.29) is 17.2 Å². The molecular formula is C10H15Br2NO2. The molecule has 5 heteroatoms. The van der Waals surface area contributed by atoms with Gasteiger partial charge in [-0.2, -0.15) is 0 Å². The van der Waals surface area contributed by atoms with Crippen molar-refractivity contribution in [1.29, 1.82) is 0 Å². The van der Waals surface area contributed by atoms with Crippen molar-refractivity contribution in [3.63, 3.8) is 0 Å². The second kappa shape index (κ2) is 3.36. The maximum Gasteiger partial charge on any atom is 0.410 e. The number of ether oxygens (including phenoxy) is 1. The highest BCUT2D eigenvalue weighted by Crippen LogP contribution is 2.62. The Kier molecular flexibility index (Phi) is 2.62. The zero-order valence-electron chi connectivity index (χ0n) is 9.09. The minimum Gasteiger partial charge on any atom is -0.453 e. The molecule has 1 saturated heterocycles. The van der Waals surface area contributed by atoms with Crippen LogP contribution in [0.25, 0.3) is 0 Å². The van der Waals surface area contributed by atoms with Crippen molar-refractivity contribution < 1.29 is 9.53 Å². The summed E-state index contributed by atoms with van der Waals surface area (Å²) in [6, 6.07) is 0. The van der Waals surface area contributed by atoms with Crippen LogP contribution in [-0.4, -0.2) is 38.8 Å². The zero-order valence-corrected chi connectivity index (χ0v) is 12.3. The molecule has 0 aromatic rings. The molecule has 0 spiro atoms. The fourth-order valence-electron chi connectivity index (χ4n) is 2.86. The molecule has 0 bridgehead atoms.